The number of rotatable bonds is 4. The number of nitrogens with one attached hydrogen (secondary N) is 2. The van der Waals surface area contributed by atoms with E-state index in [1.807, 2.05) is 24.3 Å². The maximum atomic E-state index is 13.2. The molecule has 2 N–H and O–H groups in total. The van der Waals surface area contributed by atoms with Crippen LogP contribution in [0.5, 0.6) is 0 Å². The fourth-order valence-corrected chi connectivity index (χ4v) is 5.06. The summed E-state index contributed by atoms with van der Waals surface area (Å²) >= 11 is 4.64. The molecule has 3 aromatic rings. The molecular formula is C20H16BrF3N6OS. The Kier molecular flexibility index (Phi) is 5.28. The molecule has 1 aromatic carbocycles. The Hall–Kier alpha value is -2.73. The topological polar surface area (TPSA) is 83.0 Å². The third kappa shape index (κ3) is 4.16. The van der Waals surface area contributed by atoms with E-state index in [9.17, 15) is 18.0 Å². The van der Waals surface area contributed by atoms with Crippen LogP contribution in [0, 0.1) is 11.8 Å². The van der Waals surface area contributed by atoms with Crippen LogP contribution in [0.4, 0.5) is 28.9 Å². The molecule has 32 heavy (non-hydrogen) atoms. The summed E-state index contributed by atoms with van der Waals surface area (Å²) in [6.07, 6.45) is -3.09. The summed E-state index contributed by atoms with van der Waals surface area (Å²) in [6, 6.07) is 9.44. The summed E-state index contributed by atoms with van der Waals surface area (Å²) in [5.74, 6) is 0.137. The second-order valence-corrected chi connectivity index (χ2v) is 9.54. The molecule has 2 aromatic heterocycles. The van der Waals surface area contributed by atoms with Crippen LogP contribution in [0.15, 0.2) is 47.1 Å². The number of alkyl halides is 3. The molecule has 2 fully saturated rings. The molecule has 0 spiro atoms. The van der Waals surface area contributed by atoms with Gasteiger partial charge in [-0.2, -0.15) is 13.2 Å². The average Bonchev–Trinajstić information content (AvgIpc) is 3.13. The highest BCUT2D eigenvalue weighted by atomic mass is 79.9. The van der Waals surface area contributed by atoms with Gasteiger partial charge in [-0.05, 0) is 24.3 Å². The lowest BCUT2D eigenvalue weighted by molar-refractivity contribution is -0.137. The number of carbonyl (C=O) groups excluding carboxylic acids is 1. The van der Waals surface area contributed by atoms with Crippen LogP contribution >= 0.6 is 27.3 Å². The molecule has 166 valence electrons. The number of urea groups is 1. The van der Waals surface area contributed by atoms with Gasteiger partial charge in [0.25, 0.3) is 0 Å². The van der Waals surface area contributed by atoms with Gasteiger partial charge in [-0.1, -0.05) is 39.4 Å². The van der Waals surface area contributed by atoms with E-state index in [-0.39, 0.29) is 23.7 Å². The van der Waals surface area contributed by atoms with Gasteiger partial charge < -0.3 is 10.2 Å². The summed E-state index contributed by atoms with van der Waals surface area (Å²) in [4.78, 5) is 17.9. The molecule has 5 rings (SSSR count). The second-order valence-electron chi connectivity index (χ2n) is 7.65. The van der Waals surface area contributed by atoms with E-state index >= 15 is 0 Å². The SMILES string of the molecule is O=C(Nc1nnc(-c2ccc(Br)cc2)s1)NC1[C@H]2CN(c3ncccc3C(F)(F)F)C[C@@H]12. The number of nitrogens with zero attached hydrogens (tertiary/aromatic N) is 4. The minimum absolute atomic E-state index is 0.0512. The number of pyridine rings is 1. The van der Waals surface area contributed by atoms with E-state index in [2.05, 4.69) is 41.7 Å². The van der Waals surface area contributed by atoms with Gasteiger partial charge in [-0.25, -0.2) is 9.78 Å². The van der Waals surface area contributed by atoms with Crippen LogP contribution in [0.2, 0.25) is 0 Å². The fourth-order valence-electron chi connectivity index (χ4n) is 4.05. The number of benzene rings is 1. The maximum absolute atomic E-state index is 13.2. The van der Waals surface area contributed by atoms with Gasteiger partial charge in [0.15, 0.2) is 0 Å². The zero-order valence-electron chi connectivity index (χ0n) is 16.3. The van der Waals surface area contributed by atoms with Crippen molar-refractivity contribution >= 4 is 44.2 Å². The van der Waals surface area contributed by atoms with Gasteiger partial charge in [-0.15, -0.1) is 10.2 Å². The van der Waals surface area contributed by atoms with Crippen molar-refractivity contribution in [3.8, 4) is 10.6 Å². The number of hydrogen-bond acceptors (Lipinski definition) is 6. The Bertz CT molecular complexity index is 1140. The Morgan fingerprint density at radius 1 is 1.12 bits per heavy atom. The smallest absolute Gasteiger partial charge is 0.355 e. The van der Waals surface area contributed by atoms with Crippen LogP contribution in [0.25, 0.3) is 10.6 Å². The van der Waals surface area contributed by atoms with E-state index in [1.165, 1.54) is 23.6 Å². The predicted molar refractivity (Wildman–Crippen MR) is 117 cm³/mol. The Balaban J connectivity index is 1.16. The monoisotopic (exact) mass is 524 g/mol. The number of piperidine rings is 1. The lowest BCUT2D eigenvalue weighted by Gasteiger charge is -2.24. The lowest BCUT2D eigenvalue weighted by atomic mass is 10.2. The van der Waals surface area contributed by atoms with E-state index < -0.39 is 17.8 Å². The van der Waals surface area contributed by atoms with Crippen molar-refractivity contribution in [2.45, 2.75) is 12.2 Å². The van der Waals surface area contributed by atoms with Gasteiger partial charge in [0.1, 0.15) is 10.8 Å². The van der Waals surface area contributed by atoms with Crippen molar-refractivity contribution in [2.24, 2.45) is 11.8 Å². The number of aromatic nitrogens is 3. The van der Waals surface area contributed by atoms with Crippen LogP contribution in [0.3, 0.4) is 0 Å². The number of anilines is 2. The Morgan fingerprint density at radius 2 is 1.84 bits per heavy atom. The molecule has 7 nitrogen and oxygen atoms in total. The van der Waals surface area contributed by atoms with Crippen molar-refractivity contribution in [3.63, 3.8) is 0 Å². The second kappa shape index (κ2) is 8.00. The third-order valence-electron chi connectivity index (χ3n) is 5.62. The van der Waals surface area contributed by atoms with Crippen molar-refractivity contribution in [1.29, 1.82) is 0 Å². The highest BCUT2D eigenvalue weighted by Crippen LogP contribution is 2.48. The van der Waals surface area contributed by atoms with Gasteiger partial charge in [0.05, 0.1) is 5.56 Å². The summed E-state index contributed by atoms with van der Waals surface area (Å²) in [5.41, 5.74) is 0.158. The summed E-state index contributed by atoms with van der Waals surface area (Å²) in [5, 5.41) is 14.7. The number of carbonyl (C=O) groups is 1. The summed E-state index contributed by atoms with van der Waals surface area (Å²) in [6.45, 7) is 0.838. The molecule has 0 bridgehead atoms. The molecule has 12 heteroatoms. The van der Waals surface area contributed by atoms with Gasteiger partial charge in [0, 0.05) is 47.2 Å². The highest BCUT2D eigenvalue weighted by Gasteiger charge is 2.57. The molecule has 1 aliphatic heterocycles. The van der Waals surface area contributed by atoms with E-state index in [1.54, 1.807) is 4.90 Å². The zero-order valence-corrected chi connectivity index (χ0v) is 18.7. The van der Waals surface area contributed by atoms with Crippen molar-refractivity contribution in [2.75, 3.05) is 23.3 Å². The van der Waals surface area contributed by atoms with Crippen LogP contribution in [-0.2, 0) is 6.18 Å². The van der Waals surface area contributed by atoms with Gasteiger partial charge >= 0.3 is 12.2 Å². The van der Waals surface area contributed by atoms with Crippen molar-refractivity contribution in [3.05, 3.63) is 52.6 Å². The molecule has 1 aliphatic carbocycles. The first-order valence-corrected chi connectivity index (χ1v) is 11.3. The first-order valence-electron chi connectivity index (χ1n) is 9.74. The maximum Gasteiger partial charge on any atom is 0.419 e. The zero-order chi connectivity index (χ0) is 22.5. The number of halogens is 4. The molecular weight excluding hydrogens is 509 g/mol. The molecule has 1 unspecified atom stereocenters. The summed E-state index contributed by atoms with van der Waals surface area (Å²) in [7, 11) is 0. The molecule has 2 aliphatic rings. The van der Waals surface area contributed by atoms with Gasteiger partial charge in [0.2, 0.25) is 5.13 Å². The Labute approximate surface area is 193 Å². The molecule has 1 saturated heterocycles. The molecule has 3 atom stereocenters. The van der Waals surface area contributed by atoms with Crippen molar-refractivity contribution in [1.82, 2.24) is 20.5 Å². The van der Waals surface area contributed by atoms with Gasteiger partial charge in [-0.3, -0.25) is 5.32 Å². The lowest BCUT2D eigenvalue weighted by Crippen LogP contribution is -2.37. The number of hydrogen-bond donors (Lipinski definition) is 2. The first-order chi connectivity index (χ1) is 15.3. The van der Waals surface area contributed by atoms with Crippen LogP contribution in [-0.4, -0.2) is 40.3 Å². The van der Waals surface area contributed by atoms with Crippen molar-refractivity contribution < 1.29 is 18.0 Å². The first kappa shape index (κ1) is 21.1. The number of amides is 2. The highest BCUT2D eigenvalue weighted by molar-refractivity contribution is 9.10. The predicted octanol–water partition coefficient (Wildman–Crippen LogP) is 4.64. The minimum Gasteiger partial charge on any atom is -0.355 e. The average molecular weight is 525 g/mol. The van der Waals surface area contributed by atoms with Crippen LogP contribution in [0.1, 0.15) is 5.56 Å². The molecule has 0 radical (unpaired) electrons. The van der Waals surface area contributed by atoms with E-state index in [0.717, 1.165) is 16.1 Å². The standard InChI is InChI=1S/C20H16BrF3N6OS/c21-11-5-3-10(4-6-11)17-28-29-19(32-17)27-18(31)26-15-12-8-30(9-13(12)15)16-14(20(22,23)24)2-1-7-25-16/h1-7,12-13,15H,8-9H2,(H2,26,27,29,31)/t12-,13+,15?. The van der Waals surface area contributed by atoms with Crippen LogP contribution < -0.4 is 15.5 Å². The quantitative estimate of drug-likeness (QED) is 0.519. The molecule has 2 amide bonds. The number of fused-ring (bicyclic) bond motifs is 1. The van der Waals surface area contributed by atoms with E-state index in [0.29, 0.717) is 23.2 Å². The normalized spacial score (nSPS) is 21.9. The summed E-state index contributed by atoms with van der Waals surface area (Å²) < 4.78 is 40.7. The Morgan fingerprint density at radius 3 is 2.53 bits per heavy atom. The molecule has 1 saturated carbocycles. The van der Waals surface area contributed by atoms with E-state index in [4.69, 9.17) is 0 Å². The largest absolute Gasteiger partial charge is 0.419 e. The fraction of sp³-hybridized carbons (Fsp3) is 0.300. The minimum atomic E-state index is -4.45. The third-order valence-corrected chi connectivity index (χ3v) is 7.04. The molecule has 3 heterocycles.